The van der Waals surface area contributed by atoms with E-state index >= 15 is 0 Å². The summed E-state index contributed by atoms with van der Waals surface area (Å²) >= 11 is 0. The Kier molecular flexibility index (Phi) is 2.09. The van der Waals surface area contributed by atoms with Gasteiger partial charge in [0.15, 0.2) is 0 Å². The molecule has 0 N–H and O–H groups in total. The first-order valence-electron chi connectivity index (χ1n) is 5.22. The molecule has 1 unspecified atom stereocenters. The highest BCUT2D eigenvalue weighted by atomic mass is 16.5. The molecule has 0 aromatic heterocycles. The second-order valence-corrected chi connectivity index (χ2v) is 4.98. The minimum absolute atomic E-state index is 0.0237. The number of hydrogen-bond acceptors (Lipinski definition) is 2. The molecule has 3 fully saturated rings. The van der Waals surface area contributed by atoms with Crippen molar-refractivity contribution in [2.75, 3.05) is 7.11 Å². The molecule has 0 amide bonds. The Labute approximate surface area is 79.7 Å². The van der Waals surface area contributed by atoms with Crippen molar-refractivity contribution < 1.29 is 9.53 Å². The van der Waals surface area contributed by atoms with Crippen molar-refractivity contribution in [2.24, 2.45) is 17.3 Å². The molecule has 0 aromatic rings. The van der Waals surface area contributed by atoms with Crippen LogP contribution in [-0.2, 0) is 9.53 Å². The molecule has 0 saturated heterocycles. The van der Waals surface area contributed by atoms with Gasteiger partial charge in [0.25, 0.3) is 0 Å². The summed E-state index contributed by atoms with van der Waals surface area (Å²) in [5.41, 5.74) is 0.438. The van der Waals surface area contributed by atoms with Crippen molar-refractivity contribution in [3.8, 4) is 0 Å². The normalized spacial score (nSPS) is 43.2. The van der Waals surface area contributed by atoms with Gasteiger partial charge in [-0.1, -0.05) is 6.92 Å². The van der Waals surface area contributed by atoms with E-state index in [9.17, 15) is 4.79 Å². The zero-order chi connectivity index (χ0) is 9.47. The average Bonchev–Trinajstić information content (AvgIpc) is 2.16. The molecular weight excluding hydrogens is 164 g/mol. The zero-order valence-electron chi connectivity index (χ0n) is 8.51. The molecule has 2 nitrogen and oxygen atoms in total. The third kappa shape index (κ3) is 1.47. The SMILES string of the molecule is COC(=O)C1CC2(C)CCC1CC2. The van der Waals surface area contributed by atoms with Gasteiger partial charge in [-0.15, -0.1) is 0 Å². The summed E-state index contributed by atoms with van der Waals surface area (Å²) in [5, 5.41) is 0. The Morgan fingerprint density at radius 1 is 1.38 bits per heavy atom. The highest BCUT2D eigenvalue weighted by Crippen LogP contribution is 2.52. The number of esters is 1. The van der Waals surface area contributed by atoms with Crippen LogP contribution in [0.1, 0.15) is 39.0 Å². The number of ether oxygens (including phenoxy) is 1. The van der Waals surface area contributed by atoms with Gasteiger partial charge in [0, 0.05) is 0 Å². The van der Waals surface area contributed by atoms with Gasteiger partial charge in [0.1, 0.15) is 0 Å². The summed E-state index contributed by atoms with van der Waals surface area (Å²) in [5.74, 6) is 0.849. The minimum Gasteiger partial charge on any atom is -0.469 e. The van der Waals surface area contributed by atoms with Gasteiger partial charge in [-0.05, 0) is 43.4 Å². The molecule has 74 valence electrons. The number of carbonyl (C=O) groups excluding carboxylic acids is 1. The second kappa shape index (κ2) is 3.00. The summed E-state index contributed by atoms with van der Waals surface area (Å²) in [6.07, 6.45) is 6.15. The first-order chi connectivity index (χ1) is 6.14. The molecule has 3 saturated carbocycles. The molecule has 3 rings (SSSR count). The quantitative estimate of drug-likeness (QED) is 0.582. The highest BCUT2D eigenvalue weighted by molar-refractivity contribution is 5.73. The Hall–Kier alpha value is -0.530. The fourth-order valence-corrected chi connectivity index (χ4v) is 3.07. The minimum atomic E-state index is 0.0237. The van der Waals surface area contributed by atoms with E-state index in [0.29, 0.717) is 11.3 Å². The van der Waals surface area contributed by atoms with E-state index in [2.05, 4.69) is 6.92 Å². The lowest BCUT2D eigenvalue weighted by atomic mass is 9.57. The van der Waals surface area contributed by atoms with Crippen molar-refractivity contribution in [1.82, 2.24) is 0 Å². The Bertz CT molecular complexity index is 214. The van der Waals surface area contributed by atoms with Gasteiger partial charge in [-0.2, -0.15) is 0 Å². The first kappa shape index (κ1) is 9.04. The summed E-state index contributed by atoms with van der Waals surface area (Å²) in [6, 6.07) is 0. The molecule has 1 atom stereocenters. The Morgan fingerprint density at radius 3 is 2.46 bits per heavy atom. The van der Waals surface area contributed by atoms with Gasteiger partial charge >= 0.3 is 5.97 Å². The molecule has 0 radical (unpaired) electrons. The molecule has 0 aromatic carbocycles. The Balaban J connectivity index is 2.11. The lowest BCUT2D eigenvalue weighted by Gasteiger charge is -2.47. The second-order valence-electron chi connectivity index (χ2n) is 4.98. The summed E-state index contributed by atoms with van der Waals surface area (Å²) in [6.45, 7) is 2.32. The Morgan fingerprint density at radius 2 is 2.00 bits per heavy atom. The van der Waals surface area contributed by atoms with E-state index in [0.717, 1.165) is 6.42 Å². The maximum atomic E-state index is 11.5. The average molecular weight is 182 g/mol. The molecular formula is C11H18O2. The van der Waals surface area contributed by atoms with Crippen molar-refractivity contribution in [3.05, 3.63) is 0 Å². The maximum Gasteiger partial charge on any atom is 0.308 e. The molecule has 3 aliphatic carbocycles. The summed E-state index contributed by atoms with van der Waals surface area (Å²) in [4.78, 5) is 11.5. The van der Waals surface area contributed by atoms with Crippen molar-refractivity contribution in [1.29, 1.82) is 0 Å². The third-order valence-corrected chi connectivity index (χ3v) is 4.02. The smallest absolute Gasteiger partial charge is 0.308 e. The monoisotopic (exact) mass is 182 g/mol. The van der Waals surface area contributed by atoms with Crippen molar-refractivity contribution in [3.63, 3.8) is 0 Å². The van der Waals surface area contributed by atoms with E-state index in [1.807, 2.05) is 0 Å². The van der Waals surface area contributed by atoms with Crippen LogP contribution in [0.4, 0.5) is 0 Å². The van der Waals surface area contributed by atoms with E-state index < -0.39 is 0 Å². The van der Waals surface area contributed by atoms with Crippen LogP contribution < -0.4 is 0 Å². The molecule has 13 heavy (non-hydrogen) atoms. The van der Waals surface area contributed by atoms with Crippen LogP contribution in [0, 0.1) is 17.3 Å². The zero-order valence-corrected chi connectivity index (χ0v) is 8.51. The van der Waals surface area contributed by atoms with E-state index in [1.54, 1.807) is 0 Å². The lowest BCUT2D eigenvalue weighted by Crippen LogP contribution is -2.41. The van der Waals surface area contributed by atoms with E-state index in [-0.39, 0.29) is 11.9 Å². The van der Waals surface area contributed by atoms with Crippen LogP contribution in [0.3, 0.4) is 0 Å². The van der Waals surface area contributed by atoms with Crippen LogP contribution in [0.15, 0.2) is 0 Å². The molecule has 0 heterocycles. The van der Waals surface area contributed by atoms with Crippen LogP contribution >= 0.6 is 0 Å². The topological polar surface area (TPSA) is 26.3 Å². The number of methoxy groups -OCH3 is 1. The van der Waals surface area contributed by atoms with E-state index in [1.165, 1.54) is 32.8 Å². The van der Waals surface area contributed by atoms with Gasteiger partial charge in [0.05, 0.1) is 13.0 Å². The van der Waals surface area contributed by atoms with Crippen LogP contribution in [0.5, 0.6) is 0 Å². The molecule has 0 aliphatic heterocycles. The predicted molar refractivity (Wildman–Crippen MR) is 50.2 cm³/mol. The lowest BCUT2D eigenvalue weighted by molar-refractivity contribution is -0.153. The van der Waals surface area contributed by atoms with Crippen LogP contribution in [-0.4, -0.2) is 13.1 Å². The highest BCUT2D eigenvalue weighted by Gasteiger charge is 2.45. The molecule has 3 aliphatic rings. The van der Waals surface area contributed by atoms with E-state index in [4.69, 9.17) is 4.74 Å². The van der Waals surface area contributed by atoms with Crippen molar-refractivity contribution >= 4 is 5.97 Å². The van der Waals surface area contributed by atoms with Gasteiger partial charge in [-0.25, -0.2) is 0 Å². The summed E-state index contributed by atoms with van der Waals surface area (Å²) < 4.78 is 4.85. The standard InChI is InChI=1S/C11H18O2/c1-11-5-3-8(4-6-11)9(7-11)10(12)13-2/h8-9H,3-7H2,1-2H3. The largest absolute Gasteiger partial charge is 0.469 e. The first-order valence-corrected chi connectivity index (χ1v) is 5.22. The predicted octanol–water partition coefficient (Wildman–Crippen LogP) is 2.38. The van der Waals surface area contributed by atoms with Crippen molar-refractivity contribution in [2.45, 2.75) is 39.0 Å². The summed E-state index contributed by atoms with van der Waals surface area (Å²) in [7, 11) is 1.51. The number of rotatable bonds is 1. The number of carbonyl (C=O) groups is 1. The van der Waals surface area contributed by atoms with Gasteiger partial charge in [-0.3, -0.25) is 4.79 Å². The molecule has 0 spiro atoms. The number of fused-ring (bicyclic) bond motifs is 3. The van der Waals surface area contributed by atoms with Gasteiger partial charge in [0.2, 0.25) is 0 Å². The van der Waals surface area contributed by atoms with Crippen LogP contribution in [0.2, 0.25) is 0 Å². The fourth-order valence-electron chi connectivity index (χ4n) is 3.07. The van der Waals surface area contributed by atoms with Crippen LogP contribution in [0.25, 0.3) is 0 Å². The maximum absolute atomic E-state index is 11.5. The number of hydrogen-bond donors (Lipinski definition) is 0. The molecule has 2 bridgehead atoms. The third-order valence-electron chi connectivity index (χ3n) is 4.02. The van der Waals surface area contributed by atoms with Gasteiger partial charge < -0.3 is 4.74 Å². The molecule has 2 heteroatoms. The fraction of sp³-hybridized carbons (Fsp3) is 0.909.